The number of amides is 1. The highest BCUT2D eigenvalue weighted by molar-refractivity contribution is 5.99. The average molecular weight is 435 g/mol. The zero-order chi connectivity index (χ0) is 23.5. The Balaban J connectivity index is 1.68. The summed E-state index contributed by atoms with van der Waals surface area (Å²) in [6.45, 7) is 9.93. The number of H-pyrrole nitrogens is 1. The van der Waals surface area contributed by atoms with Crippen LogP contribution in [0.4, 0.5) is 4.79 Å². The van der Waals surface area contributed by atoms with Crippen molar-refractivity contribution < 1.29 is 14.3 Å². The van der Waals surface area contributed by atoms with E-state index in [1.807, 2.05) is 71.0 Å². The summed E-state index contributed by atoms with van der Waals surface area (Å²) in [6, 6.07) is 14.8. The van der Waals surface area contributed by atoms with E-state index in [9.17, 15) is 14.4 Å². The van der Waals surface area contributed by atoms with Gasteiger partial charge in [-0.3, -0.25) is 9.59 Å². The van der Waals surface area contributed by atoms with Crippen LogP contribution < -0.4 is 10.7 Å². The molecule has 0 atom stereocenters. The first-order valence-electron chi connectivity index (χ1n) is 10.7. The lowest BCUT2D eigenvalue weighted by Gasteiger charge is -2.27. The Morgan fingerprint density at radius 3 is 2.28 bits per heavy atom. The highest BCUT2D eigenvalue weighted by atomic mass is 16.6. The van der Waals surface area contributed by atoms with Crippen molar-refractivity contribution in [3.05, 3.63) is 81.6 Å². The van der Waals surface area contributed by atoms with Crippen molar-refractivity contribution in [2.24, 2.45) is 0 Å². The van der Waals surface area contributed by atoms with Gasteiger partial charge in [-0.15, -0.1) is 0 Å². The minimum atomic E-state index is -0.546. The summed E-state index contributed by atoms with van der Waals surface area (Å²) in [5.74, 6) is -0.226. The highest BCUT2D eigenvalue weighted by Gasteiger charge is 2.24. The summed E-state index contributed by atoms with van der Waals surface area (Å²) in [5.41, 5.74) is 1.59. The van der Waals surface area contributed by atoms with Gasteiger partial charge in [-0.05, 0) is 44.0 Å². The van der Waals surface area contributed by atoms with E-state index < -0.39 is 11.7 Å². The minimum Gasteiger partial charge on any atom is -0.444 e. The number of ether oxygens (including phenoxy) is 1. The molecule has 0 unspecified atom stereocenters. The van der Waals surface area contributed by atoms with Gasteiger partial charge in [0.2, 0.25) is 0 Å². The molecule has 1 heterocycles. The molecule has 1 aromatic heterocycles. The van der Waals surface area contributed by atoms with Crippen LogP contribution in [0.5, 0.6) is 0 Å². The molecule has 6 heteroatoms. The van der Waals surface area contributed by atoms with Crippen LogP contribution in [-0.4, -0.2) is 29.0 Å². The molecule has 0 saturated heterocycles. The second-order valence-electron chi connectivity index (χ2n) is 9.61. The molecule has 0 fully saturated rings. The maximum absolute atomic E-state index is 12.8. The lowest BCUT2D eigenvalue weighted by Crippen LogP contribution is -2.39. The van der Waals surface area contributed by atoms with E-state index in [1.54, 1.807) is 12.1 Å². The van der Waals surface area contributed by atoms with Crippen molar-refractivity contribution in [1.29, 1.82) is 0 Å². The molecule has 1 amide bonds. The van der Waals surface area contributed by atoms with Crippen LogP contribution in [0.1, 0.15) is 56.1 Å². The van der Waals surface area contributed by atoms with E-state index in [4.69, 9.17) is 4.74 Å². The Labute approximate surface area is 188 Å². The molecule has 0 aliphatic carbocycles. The van der Waals surface area contributed by atoms with Gasteiger partial charge in [0, 0.05) is 35.5 Å². The van der Waals surface area contributed by atoms with E-state index in [-0.39, 0.29) is 28.6 Å². The highest BCUT2D eigenvalue weighted by Crippen LogP contribution is 2.23. The summed E-state index contributed by atoms with van der Waals surface area (Å²) in [5, 5.41) is 3.32. The van der Waals surface area contributed by atoms with Gasteiger partial charge < -0.3 is 15.0 Å². The van der Waals surface area contributed by atoms with Crippen LogP contribution in [0.2, 0.25) is 0 Å². The first-order valence-corrected chi connectivity index (χ1v) is 10.7. The van der Waals surface area contributed by atoms with E-state index in [2.05, 4.69) is 10.3 Å². The molecule has 2 aromatic carbocycles. The first-order chi connectivity index (χ1) is 15.0. The summed E-state index contributed by atoms with van der Waals surface area (Å²) >= 11 is 0. The van der Waals surface area contributed by atoms with Crippen molar-refractivity contribution in [2.45, 2.75) is 52.1 Å². The third-order valence-corrected chi connectivity index (χ3v) is 5.26. The van der Waals surface area contributed by atoms with Gasteiger partial charge in [-0.1, -0.05) is 50.2 Å². The Hall–Kier alpha value is -3.41. The van der Waals surface area contributed by atoms with Gasteiger partial charge in [0.15, 0.2) is 11.2 Å². The topological polar surface area (TPSA) is 88.3 Å². The second kappa shape index (κ2) is 8.99. The predicted molar refractivity (Wildman–Crippen MR) is 126 cm³/mol. The van der Waals surface area contributed by atoms with Crippen LogP contribution in [0.15, 0.2) is 59.5 Å². The molecular formula is C26H30N2O4. The number of hydrogen-bond acceptors (Lipinski definition) is 4. The molecule has 0 spiro atoms. The number of carbonyl (C=O) groups excluding carboxylic acids is 2. The smallest absolute Gasteiger partial charge is 0.407 e. The number of Topliss-reactive ketones (excluding diaryl/α,β-unsaturated/α-hetero) is 1. The number of alkyl carbamates (subject to hydrolysis) is 1. The van der Waals surface area contributed by atoms with Crippen molar-refractivity contribution in [1.82, 2.24) is 10.3 Å². The number of pyridine rings is 1. The van der Waals surface area contributed by atoms with Gasteiger partial charge in [-0.2, -0.15) is 0 Å². The van der Waals surface area contributed by atoms with Crippen molar-refractivity contribution in [2.75, 3.05) is 6.54 Å². The van der Waals surface area contributed by atoms with E-state index in [0.29, 0.717) is 17.4 Å². The van der Waals surface area contributed by atoms with E-state index in [1.165, 1.54) is 6.20 Å². The van der Waals surface area contributed by atoms with Crippen LogP contribution >= 0.6 is 0 Å². The van der Waals surface area contributed by atoms with Gasteiger partial charge >= 0.3 is 6.09 Å². The fourth-order valence-corrected chi connectivity index (χ4v) is 3.44. The Morgan fingerprint density at radius 1 is 0.969 bits per heavy atom. The van der Waals surface area contributed by atoms with Crippen LogP contribution in [-0.2, 0) is 16.6 Å². The van der Waals surface area contributed by atoms with Crippen molar-refractivity contribution >= 4 is 22.8 Å². The summed E-state index contributed by atoms with van der Waals surface area (Å²) < 4.78 is 5.29. The molecular weight excluding hydrogens is 404 g/mol. The molecule has 168 valence electrons. The van der Waals surface area contributed by atoms with Crippen molar-refractivity contribution in [3.63, 3.8) is 0 Å². The Morgan fingerprint density at radius 2 is 1.62 bits per heavy atom. The third-order valence-electron chi connectivity index (χ3n) is 5.26. The zero-order valence-corrected chi connectivity index (χ0v) is 19.2. The standard InChI is InChI=1S/C26H30N2O4/c1-25(2,3)32-24(31)28-16-26(4,5)18-12-10-17(11-13-18)14-22(29)20-15-27-21-9-7-6-8-19(21)23(20)30/h6-13,15H,14,16H2,1-5H3,(H,27,30)(H,28,31). The largest absolute Gasteiger partial charge is 0.444 e. The van der Waals surface area contributed by atoms with Crippen molar-refractivity contribution in [3.8, 4) is 0 Å². The van der Waals surface area contributed by atoms with Gasteiger partial charge in [0.05, 0.1) is 5.56 Å². The number of ketones is 1. The van der Waals surface area contributed by atoms with Crippen LogP contribution in [0.25, 0.3) is 10.9 Å². The second-order valence-corrected chi connectivity index (χ2v) is 9.61. The number of fused-ring (bicyclic) bond motifs is 1. The number of para-hydroxylation sites is 1. The van der Waals surface area contributed by atoms with E-state index in [0.717, 1.165) is 11.1 Å². The molecule has 3 aromatic rings. The van der Waals surface area contributed by atoms with Gasteiger partial charge in [0.1, 0.15) is 5.60 Å². The lowest BCUT2D eigenvalue weighted by atomic mass is 9.84. The third kappa shape index (κ3) is 5.63. The fraction of sp³-hybridized carbons (Fsp3) is 0.346. The molecule has 3 rings (SSSR count). The number of benzene rings is 2. The summed E-state index contributed by atoms with van der Waals surface area (Å²) in [6.07, 6.45) is 1.18. The molecule has 0 aliphatic rings. The van der Waals surface area contributed by atoms with E-state index >= 15 is 0 Å². The molecule has 0 aliphatic heterocycles. The normalized spacial score (nSPS) is 11.9. The fourth-order valence-electron chi connectivity index (χ4n) is 3.44. The number of aromatic amines is 1. The molecule has 2 N–H and O–H groups in total. The number of nitrogens with one attached hydrogen (secondary N) is 2. The summed E-state index contributed by atoms with van der Waals surface area (Å²) in [7, 11) is 0. The summed E-state index contributed by atoms with van der Waals surface area (Å²) in [4.78, 5) is 40.4. The lowest BCUT2D eigenvalue weighted by molar-refractivity contribution is 0.0517. The molecule has 0 saturated carbocycles. The minimum absolute atomic E-state index is 0.137. The van der Waals surface area contributed by atoms with Gasteiger partial charge in [0.25, 0.3) is 0 Å². The van der Waals surface area contributed by atoms with Gasteiger partial charge in [-0.25, -0.2) is 4.79 Å². The predicted octanol–water partition coefficient (Wildman–Crippen LogP) is 4.76. The number of carbonyl (C=O) groups is 2. The molecule has 32 heavy (non-hydrogen) atoms. The monoisotopic (exact) mass is 434 g/mol. The SMILES string of the molecule is CC(C)(C)OC(=O)NCC(C)(C)c1ccc(CC(=O)c2c[nH]c3ccccc3c2=O)cc1. The first kappa shape index (κ1) is 23.3. The number of hydrogen-bond donors (Lipinski definition) is 2. The van der Waals surface area contributed by atoms with Crippen LogP contribution in [0.3, 0.4) is 0 Å². The maximum Gasteiger partial charge on any atom is 0.407 e. The quantitative estimate of drug-likeness (QED) is 0.548. The maximum atomic E-state index is 12.8. The molecule has 0 bridgehead atoms. The zero-order valence-electron chi connectivity index (χ0n) is 19.2. The Kier molecular flexibility index (Phi) is 6.53. The van der Waals surface area contributed by atoms with Crippen LogP contribution in [0, 0.1) is 0 Å². The molecule has 0 radical (unpaired) electrons. The number of rotatable bonds is 6. The number of aromatic nitrogens is 1. The molecule has 6 nitrogen and oxygen atoms in total. The Bertz CT molecular complexity index is 1180. The average Bonchev–Trinajstić information content (AvgIpc) is 2.72.